The van der Waals surface area contributed by atoms with Crippen molar-refractivity contribution in [2.75, 3.05) is 7.11 Å². The van der Waals surface area contributed by atoms with Crippen LogP contribution in [0.5, 0.6) is 0 Å². The van der Waals surface area contributed by atoms with E-state index in [0.29, 0.717) is 12.3 Å². The van der Waals surface area contributed by atoms with Crippen LogP contribution in [0.2, 0.25) is 0 Å². The zero-order chi connectivity index (χ0) is 10.8. The van der Waals surface area contributed by atoms with Crippen LogP contribution in [-0.2, 0) is 14.3 Å². The molecule has 2 aliphatic carbocycles. The highest BCUT2D eigenvalue weighted by molar-refractivity contribution is 6.01. The summed E-state index contributed by atoms with van der Waals surface area (Å²) >= 11 is 0. The van der Waals surface area contributed by atoms with E-state index in [2.05, 4.69) is 0 Å². The Labute approximate surface area is 90.2 Å². The summed E-state index contributed by atoms with van der Waals surface area (Å²) in [6, 6.07) is 0. The van der Waals surface area contributed by atoms with Crippen LogP contribution in [0.4, 0.5) is 0 Å². The van der Waals surface area contributed by atoms with E-state index < -0.39 is 5.92 Å². The van der Waals surface area contributed by atoms with Gasteiger partial charge >= 0.3 is 5.97 Å². The lowest BCUT2D eigenvalue weighted by Crippen LogP contribution is -2.27. The molecule has 2 fully saturated rings. The molecule has 0 aromatic carbocycles. The summed E-state index contributed by atoms with van der Waals surface area (Å²) in [5.41, 5.74) is 0. The van der Waals surface area contributed by atoms with Gasteiger partial charge < -0.3 is 4.74 Å². The van der Waals surface area contributed by atoms with Crippen LogP contribution >= 0.6 is 0 Å². The van der Waals surface area contributed by atoms with Gasteiger partial charge in [-0.3, -0.25) is 9.59 Å². The minimum atomic E-state index is -0.446. The summed E-state index contributed by atoms with van der Waals surface area (Å²) in [5.74, 6) is 0.0720. The molecule has 2 rings (SSSR count). The van der Waals surface area contributed by atoms with Gasteiger partial charge in [-0.1, -0.05) is 19.3 Å². The topological polar surface area (TPSA) is 43.4 Å². The van der Waals surface area contributed by atoms with E-state index in [9.17, 15) is 9.59 Å². The highest BCUT2D eigenvalue weighted by Crippen LogP contribution is 2.43. The fourth-order valence-electron chi connectivity index (χ4n) is 3.16. The molecule has 0 aliphatic heterocycles. The van der Waals surface area contributed by atoms with Crippen LogP contribution in [0.15, 0.2) is 0 Å². The maximum absolute atomic E-state index is 11.8. The monoisotopic (exact) mass is 210 g/mol. The van der Waals surface area contributed by atoms with Gasteiger partial charge in [0.15, 0.2) is 0 Å². The fourth-order valence-corrected chi connectivity index (χ4v) is 3.16. The van der Waals surface area contributed by atoms with Gasteiger partial charge in [-0.05, 0) is 24.7 Å². The summed E-state index contributed by atoms with van der Waals surface area (Å²) in [4.78, 5) is 23.3. The number of hydrogen-bond acceptors (Lipinski definition) is 3. The second-order valence-corrected chi connectivity index (χ2v) is 4.73. The first-order valence-electron chi connectivity index (χ1n) is 5.84. The van der Waals surface area contributed by atoms with E-state index in [4.69, 9.17) is 4.74 Å². The smallest absolute Gasteiger partial charge is 0.316 e. The molecule has 0 aromatic rings. The van der Waals surface area contributed by atoms with E-state index in [1.807, 2.05) is 0 Å². The zero-order valence-corrected chi connectivity index (χ0v) is 9.20. The molecule has 2 aliphatic rings. The van der Waals surface area contributed by atoms with Gasteiger partial charge in [0.05, 0.1) is 7.11 Å². The summed E-state index contributed by atoms with van der Waals surface area (Å²) in [7, 11) is 1.37. The first kappa shape index (κ1) is 10.7. The molecule has 0 amide bonds. The van der Waals surface area contributed by atoms with Crippen molar-refractivity contribution < 1.29 is 14.3 Å². The van der Waals surface area contributed by atoms with E-state index >= 15 is 0 Å². The quantitative estimate of drug-likeness (QED) is 0.490. The third-order valence-electron chi connectivity index (χ3n) is 3.91. The first-order chi connectivity index (χ1) is 7.24. The summed E-state index contributed by atoms with van der Waals surface area (Å²) < 4.78 is 4.73. The van der Waals surface area contributed by atoms with Gasteiger partial charge in [-0.15, -0.1) is 0 Å². The number of fused-ring (bicyclic) bond motifs is 1. The number of hydrogen-bond donors (Lipinski definition) is 0. The molecule has 0 radical (unpaired) electrons. The van der Waals surface area contributed by atoms with Crippen molar-refractivity contribution >= 4 is 11.8 Å². The number of carbonyl (C=O) groups excluding carboxylic acids is 2. The van der Waals surface area contributed by atoms with Gasteiger partial charge in [0.25, 0.3) is 0 Å². The second-order valence-electron chi connectivity index (χ2n) is 4.73. The minimum absolute atomic E-state index is 0.110. The summed E-state index contributed by atoms with van der Waals surface area (Å²) in [6.07, 6.45) is 6.35. The number of methoxy groups -OCH3 is 1. The molecule has 0 N–H and O–H groups in total. The summed E-state index contributed by atoms with van der Waals surface area (Å²) in [5, 5.41) is 0. The number of Topliss-reactive ketones (excluding diaryl/α,β-unsaturated/α-hetero) is 1. The van der Waals surface area contributed by atoms with Gasteiger partial charge in [-0.2, -0.15) is 0 Å². The van der Waals surface area contributed by atoms with Crippen LogP contribution in [0.25, 0.3) is 0 Å². The predicted molar refractivity (Wildman–Crippen MR) is 55.2 cm³/mol. The van der Waals surface area contributed by atoms with Crippen molar-refractivity contribution in [3.8, 4) is 0 Å². The molecule has 3 nitrogen and oxygen atoms in total. The fraction of sp³-hybridized carbons (Fsp3) is 0.833. The van der Waals surface area contributed by atoms with Gasteiger partial charge in [0.2, 0.25) is 0 Å². The Bertz CT molecular complexity index is 272. The molecular weight excluding hydrogens is 192 g/mol. The molecule has 3 atom stereocenters. The van der Waals surface area contributed by atoms with E-state index in [0.717, 1.165) is 19.3 Å². The van der Waals surface area contributed by atoms with E-state index in [1.165, 1.54) is 20.0 Å². The molecule has 0 unspecified atom stereocenters. The lowest BCUT2D eigenvalue weighted by atomic mass is 9.85. The van der Waals surface area contributed by atoms with Crippen molar-refractivity contribution in [1.29, 1.82) is 0 Å². The van der Waals surface area contributed by atoms with Crippen molar-refractivity contribution in [2.24, 2.45) is 17.8 Å². The number of ketones is 1. The highest BCUT2D eigenvalue weighted by Gasteiger charge is 2.46. The van der Waals surface area contributed by atoms with Gasteiger partial charge in [0.1, 0.15) is 11.7 Å². The molecule has 2 saturated carbocycles. The van der Waals surface area contributed by atoms with Crippen molar-refractivity contribution in [3.05, 3.63) is 0 Å². The van der Waals surface area contributed by atoms with Crippen LogP contribution < -0.4 is 0 Å². The van der Waals surface area contributed by atoms with Crippen LogP contribution in [0, 0.1) is 17.8 Å². The third kappa shape index (κ3) is 1.92. The van der Waals surface area contributed by atoms with Gasteiger partial charge in [-0.25, -0.2) is 0 Å². The lowest BCUT2D eigenvalue weighted by molar-refractivity contribution is -0.150. The predicted octanol–water partition coefficient (Wildman–Crippen LogP) is 1.94. The van der Waals surface area contributed by atoms with Crippen LogP contribution in [0.1, 0.15) is 38.5 Å². The van der Waals surface area contributed by atoms with Crippen molar-refractivity contribution in [3.63, 3.8) is 0 Å². The average molecular weight is 210 g/mol. The lowest BCUT2D eigenvalue weighted by Gasteiger charge is -2.19. The highest BCUT2D eigenvalue weighted by atomic mass is 16.5. The molecule has 0 saturated heterocycles. The normalized spacial score (nSPS) is 35.8. The van der Waals surface area contributed by atoms with Crippen molar-refractivity contribution in [1.82, 2.24) is 0 Å². The SMILES string of the molecule is COC(=O)[C@H]1C(=O)C[C@@H]2CCCCC[C@@H]21. The number of carbonyl (C=O) groups is 2. The largest absolute Gasteiger partial charge is 0.468 e. The van der Waals surface area contributed by atoms with Gasteiger partial charge in [0, 0.05) is 6.42 Å². The Balaban J connectivity index is 2.15. The summed E-state index contributed by atoms with van der Waals surface area (Å²) in [6.45, 7) is 0. The molecule has 0 bridgehead atoms. The number of ether oxygens (including phenoxy) is 1. The molecule has 3 heteroatoms. The maximum Gasteiger partial charge on any atom is 0.316 e. The van der Waals surface area contributed by atoms with Crippen LogP contribution in [0.3, 0.4) is 0 Å². The van der Waals surface area contributed by atoms with Crippen LogP contribution in [-0.4, -0.2) is 18.9 Å². The molecule has 84 valence electrons. The maximum atomic E-state index is 11.8. The number of esters is 1. The standard InChI is InChI=1S/C12H18O3/c1-15-12(14)11-9-6-4-2-3-5-8(9)7-10(11)13/h8-9,11H,2-7H2,1H3/t8-,9-,11+/m0/s1. The molecule has 0 aromatic heterocycles. The zero-order valence-electron chi connectivity index (χ0n) is 9.20. The Morgan fingerprint density at radius 3 is 2.73 bits per heavy atom. The molecule has 0 spiro atoms. The first-order valence-corrected chi connectivity index (χ1v) is 5.84. The molecular formula is C12H18O3. The third-order valence-corrected chi connectivity index (χ3v) is 3.91. The van der Waals surface area contributed by atoms with E-state index in [-0.39, 0.29) is 17.7 Å². The Kier molecular flexibility index (Phi) is 3.08. The van der Waals surface area contributed by atoms with E-state index in [1.54, 1.807) is 0 Å². The number of rotatable bonds is 1. The Hall–Kier alpha value is -0.860. The average Bonchev–Trinajstić information content (AvgIpc) is 2.40. The Morgan fingerprint density at radius 1 is 1.27 bits per heavy atom. The second kappa shape index (κ2) is 4.33. The minimum Gasteiger partial charge on any atom is -0.468 e. The Morgan fingerprint density at radius 2 is 2.00 bits per heavy atom. The van der Waals surface area contributed by atoms with Crippen molar-refractivity contribution in [2.45, 2.75) is 38.5 Å². The molecule has 15 heavy (non-hydrogen) atoms. The molecule has 0 heterocycles.